The third-order valence-corrected chi connectivity index (χ3v) is 6.15. The number of aliphatic hydroxyl groups excluding tert-OH is 1. The number of halogens is 1. The lowest BCUT2D eigenvalue weighted by Crippen LogP contribution is -2.52. The summed E-state index contributed by atoms with van der Waals surface area (Å²) >= 11 is 0. The number of hydrogen-bond donors (Lipinski definition) is 1. The Kier molecular flexibility index (Phi) is 7.19. The van der Waals surface area contributed by atoms with Crippen molar-refractivity contribution in [2.24, 2.45) is 0 Å². The first kappa shape index (κ1) is 22.5. The molecule has 2 aromatic carbocycles. The molecule has 1 atom stereocenters. The second-order valence-corrected chi connectivity index (χ2v) is 8.38. The molecular formula is C25H31FN4O2. The summed E-state index contributed by atoms with van der Waals surface area (Å²) in [5.41, 5.74) is 2.97. The fourth-order valence-electron chi connectivity index (χ4n) is 4.40. The minimum Gasteiger partial charge on any atom is -0.497 e. The quantitative estimate of drug-likeness (QED) is 0.584. The fraction of sp³-hybridized carbons (Fsp3) is 0.400. The molecule has 32 heavy (non-hydrogen) atoms. The van der Waals surface area contributed by atoms with Crippen LogP contribution < -0.4 is 4.74 Å². The Labute approximate surface area is 188 Å². The summed E-state index contributed by atoms with van der Waals surface area (Å²) in [5.74, 6) is 1.26. The lowest BCUT2D eigenvalue weighted by atomic mass is 10.1. The van der Waals surface area contributed by atoms with Crippen LogP contribution in [-0.2, 0) is 13.1 Å². The first-order chi connectivity index (χ1) is 15.6. The molecule has 1 N–H and O–H groups in total. The summed E-state index contributed by atoms with van der Waals surface area (Å²) in [6.45, 7) is 5.92. The largest absolute Gasteiger partial charge is 0.497 e. The number of methoxy groups -OCH3 is 1. The third-order valence-electron chi connectivity index (χ3n) is 6.15. The van der Waals surface area contributed by atoms with E-state index in [1.54, 1.807) is 12.1 Å². The van der Waals surface area contributed by atoms with Crippen LogP contribution in [0.3, 0.4) is 0 Å². The van der Waals surface area contributed by atoms with Gasteiger partial charge in [0.15, 0.2) is 0 Å². The minimum atomic E-state index is -0.255. The average molecular weight is 439 g/mol. The van der Waals surface area contributed by atoms with Gasteiger partial charge in [-0.15, -0.1) is 0 Å². The summed E-state index contributed by atoms with van der Waals surface area (Å²) in [6, 6.07) is 13.5. The summed E-state index contributed by atoms with van der Waals surface area (Å²) in [4.78, 5) is 9.24. The lowest BCUT2D eigenvalue weighted by Gasteiger charge is -2.41. The van der Waals surface area contributed by atoms with Crippen molar-refractivity contribution in [3.05, 3.63) is 77.6 Å². The molecule has 1 aliphatic heterocycles. The monoisotopic (exact) mass is 438 g/mol. The van der Waals surface area contributed by atoms with Crippen LogP contribution in [0.1, 0.15) is 23.4 Å². The number of benzene rings is 2. The highest BCUT2D eigenvalue weighted by atomic mass is 19.1. The van der Waals surface area contributed by atoms with Crippen molar-refractivity contribution in [1.82, 2.24) is 19.4 Å². The van der Waals surface area contributed by atoms with E-state index < -0.39 is 0 Å². The zero-order chi connectivity index (χ0) is 22.5. The van der Waals surface area contributed by atoms with Crippen molar-refractivity contribution < 1.29 is 14.2 Å². The number of aliphatic hydroxyl groups is 1. The van der Waals surface area contributed by atoms with E-state index in [2.05, 4.69) is 50.5 Å². The molecule has 1 aliphatic rings. The molecule has 0 spiro atoms. The van der Waals surface area contributed by atoms with Gasteiger partial charge >= 0.3 is 0 Å². The number of piperazine rings is 1. The molecule has 2 heterocycles. The SMILES string of the molecule is COc1ccc(CN2CCN(Cc3nccn3-c3cccc(C)c3)CC2CCO)c(F)c1. The van der Waals surface area contributed by atoms with Gasteiger partial charge in [-0.3, -0.25) is 9.80 Å². The van der Waals surface area contributed by atoms with Crippen LogP contribution in [0.2, 0.25) is 0 Å². The Bertz CT molecular complexity index is 1040. The topological polar surface area (TPSA) is 53.8 Å². The molecule has 3 aromatic rings. The van der Waals surface area contributed by atoms with Gasteiger partial charge in [-0.1, -0.05) is 18.2 Å². The number of hydrogen-bond acceptors (Lipinski definition) is 5. The zero-order valence-corrected chi connectivity index (χ0v) is 18.7. The van der Waals surface area contributed by atoms with E-state index in [-0.39, 0.29) is 18.5 Å². The number of aromatic nitrogens is 2. The van der Waals surface area contributed by atoms with E-state index >= 15 is 0 Å². The lowest BCUT2D eigenvalue weighted by molar-refractivity contribution is 0.0479. The second-order valence-electron chi connectivity index (χ2n) is 8.38. The van der Waals surface area contributed by atoms with Crippen LogP contribution >= 0.6 is 0 Å². The number of ether oxygens (including phenoxy) is 1. The molecule has 0 radical (unpaired) electrons. The molecule has 0 saturated carbocycles. The van der Waals surface area contributed by atoms with Crippen molar-refractivity contribution in [2.75, 3.05) is 33.4 Å². The molecule has 1 fully saturated rings. The third kappa shape index (κ3) is 5.18. The van der Waals surface area contributed by atoms with E-state index in [9.17, 15) is 9.50 Å². The van der Waals surface area contributed by atoms with Gasteiger partial charge in [0.1, 0.15) is 17.4 Å². The fourth-order valence-corrected chi connectivity index (χ4v) is 4.40. The van der Waals surface area contributed by atoms with E-state index in [0.29, 0.717) is 24.3 Å². The van der Waals surface area contributed by atoms with Crippen molar-refractivity contribution in [2.45, 2.75) is 32.5 Å². The predicted molar refractivity (Wildman–Crippen MR) is 122 cm³/mol. The van der Waals surface area contributed by atoms with Gasteiger partial charge in [-0.05, 0) is 37.1 Å². The zero-order valence-electron chi connectivity index (χ0n) is 18.7. The van der Waals surface area contributed by atoms with Crippen LogP contribution in [0.5, 0.6) is 5.75 Å². The maximum Gasteiger partial charge on any atom is 0.131 e. The van der Waals surface area contributed by atoms with Crippen molar-refractivity contribution >= 4 is 0 Å². The van der Waals surface area contributed by atoms with E-state index in [1.165, 1.54) is 18.7 Å². The summed E-state index contributed by atoms with van der Waals surface area (Å²) in [6.07, 6.45) is 4.49. The summed E-state index contributed by atoms with van der Waals surface area (Å²) in [7, 11) is 1.54. The Morgan fingerprint density at radius 1 is 1.16 bits per heavy atom. The molecule has 170 valence electrons. The summed E-state index contributed by atoms with van der Waals surface area (Å²) in [5, 5.41) is 9.63. The standard InChI is InChI=1S/C25H31FN4O2/c1-19-4-3-5-21(14-19)30-10-9-27-25(30)18-28-11-12-29(22(17-28)8-13-31)16-20-6-7-23(32-2)15-24(20)26/h3-7,9-10,14-15,22,31H,8,11-13,16-18H2,1-2H3. The Hall–Kier alpha value is -2.74. The van der Waals surface area contributed by atoms with Crippen molar-refractivity contribution in [3.8, 4) is 11.4 Å². The van der Waals surface area contributed by atoms with Gasteiger partial charge in [-0.25, -0.2) is 9.37 Å². The number of rotatable bonds is 8. The normalized spacial score (nSPS) is 17.6. The van der Waals surface area contributed by atoms with E-state index in [4.69, 9.17) is 4.74 Å². The molecule has 1 unspecified atom stereocenters. The molecule has 4 rings (SSSR count). The van der Waals surface area contributed by atoms with Crippen LogP contribution in [-0.4, -0.2) is 63.9 Å². The smallest absolute Gasteiger partial charge is 0.131 e. The maximum atomic E-state index is 14.5. The highest BCUT2D eigenvalue weighted by Crippen LogP contribution is 2.22. The number of aryl methyl sites for hydroxylation is 1. The Morgan fingerprint density at radius 3 is 2.78 bits per heavy atom. The predicted octanol–water partition coefficient (Wildman–Crippen LogP) is 3.40. The van der Waals surface area contributed by atoms with Crippen LogP contribution in [0.4, 0.5) is 4.39 Å². The van der Waals surface area contributed by atoms with Crippen molar-refractivity contribution in [3.63, 3.8) is 0 Å². The van der Waals surface area contributed by atoms with Gasteiger partial charge in [0.05, 0.1) is 13.7 Å². The van der Waals surface area contributed by atoms with Gasteiger partial charge < -0.3 is 14.4 Å². The maximum absolute atomic E-state index is 14.5. The first-order valence-electron chi connectivity index (χ1n) is 11.1. The highest BCUT2D eigenvalue weighted by Gasteiger charge is 2.28. The number of imidazole rings is 1. The van der Waals surface area contributed by atoms with Gasteiger partial charge in [0.2, 0.25) is 0 Å². The molecule has 7 heteroatoms. The molecule has 0 bridgehead atoms. The van der Waals surface area contributed by atoms with Crippen molar-refractivity contribution in [1.29, 1.82) is 0 Å². The van der Waals surface area contributed by atoms with Gasteiger partial charge in [0, 0.05) is 68.5 Å². The van der Waals surface area contributed by atoms with Gasteiger partial charge in [0.25, 0.3) is 0 Å². The molecule has 0 aliphatic carbocycles. The molecule has 1 aromatic heterocycles. The molecule has 1 saturated heterocycles. The van der Waals surface area contributed by atoms with E-state index in [1.807, 2.05) is 12.4 Å². The van der Waals surface area contributed by atoms with Crippen LogP contribution in [0.15, 0.2) is 54.9 Å². The molecule has 6 nitrogen and oxygen atoms in total. The second kappa shape index (κ2) is 10.3. The Morgan fingerprint density at radius 2 is 2.03 bits per heavy atom. The minimum absolute atomic E-state index is 0.109. The molecule has 0 amide bonds. The average Bonchev–Trinajstić information content (AvgIpc) is 3.25. The number of nitrogens with zero attached hydrogens (tertiary/aromatic N) is 4. The first-order valence-corrected chi connectivity index (χ1v) is 11.1. The summed E-state index contributed by atoms with van der Waals surface area (Å²) < 4.78 is 21.7. The Balaban J connectivity index is 1.44. The van der Waals surface area contributed by atoms with Crippen LogP contribution in [0, 0.1) is 12.7 Å². The van der Waals surface area contributed by atoms with E-state index in [0.717, 1.165) is 37.7 Å². The van der Waals surface area contributed by atoms with Gasteiger partial charge in [-0.2, -0.15) is 0 Å². The van der Waals surface area contributed by atoms with Crippen LogP contribution in [0.25, 0.3) is 5.69 Å². The molecular weight excluding hydrogens is 407 g/mol. The highest BCUT2D eigenvalue weighted by molar-refractivity contribution is 5.36.